The van der Waals surface area contributed by atoms with E-state index in [0.717, 1.165) is 10.4 Å². The van der Waals surface area contributed by atoms with Crippen LogP contribution in [0.4, 0.5) is 0 Å². The SMILES string of the molecule is Brc1ccccc1CCI.C[N+](C)=S(=O)=O. The van der Waals surface area contributed by atoms with Crippen LogP contribution in [0.2, 0.25) is 0 Å². The fraction of sp³-hybridized carbons (Fsp3) is 0.400. The summed E-state index contributed by atoms with van der Waals surface area (Å²) in [5.74, 6) is 0. The molecule has 0 unspecified atom stereocenters. The lowest BCUT2D eigenvalue weighted by Gasteiger charge is -1.98. The van der Waals surface area contributed by atoms with Gasteiger partial charge in [-0.25, -0.2) is 0 Å². The summed E-state index contributed by atoms with van der Waals surface area (Å²) in [4.78, 5) is 0. The minimum absolute atomic E-state index is 1.08. The first-order valence-electron chi connectivity index (χ1n) is 4.55. The van der Waals surface area contributed by atoms with Crippen LogP contribution in [0.3, 0.4) is 0 Å². The van der Waals surface area contributed by atoms with E-state index in [9.17, 15) is 8.42 Å². The number of hydrogen-bond donors (Lipinski definition) is 0. The molecule has 0 aliphatic heterocycles. The molecule has 16 heavy (non-hydrogen) atoms. The van der Waals surface area contributed by atoms with Crippen molar-refractivity contribution in [3.8, 4) is 0 Å². The molecule has 0 saturated carbocycles. The van der Waals surface area contributed by atoms with Crippen molar-refractivity contribution in [2.75, 3.05) is 18.5 Å². The van der Waals surface area contributed by atoms with Crippen LogP contribution in [0.25, 0.3) is 0 Å². The van der Waals surface area contributed by atoms with Crippen molar-refractivity contribution in [1.29, 1.82) is 0 Å². The summed E-state index contributed by atoms with van der Waals surface area (Å²) in [7, 11) is 0.889. The molecule has 0 aromatic heterocycles. The zero-order chi connectivity index (χ0) is 12.6. The number of alkyl halides is 1. The van der Waals surface area contributed by atoms with Gasteiger partial charge in [0.05, 0.1) is 0 Å². The molecular weight excluding hydrogens is 405 g/mol. The molecule has 0 spiro atoms. The van der Waals surface area contributed by atoms with Crippen LogP contribution in [-0.2, 0) is 16.9 Å². The van der Waals surface area contributed by atoms with Gasteiger partial charge in [0.25, 0.3) is 0 Å². The second kappa shape index (κ2) is 9.12. The van der Waals surface area contributed by atoms with Crippen molar-refractivity contribution in [2.45, 2.75) is 6.42 Å². The van der Waals surface area contributed by atoms with Gasteiger partial charge >= 0.3 is 10.5 Å². The van der Waals surface area contributed by atoms with Crippen LogP contribution in [0.1, 0.15) is 5.56 Å². The Hall–Kier alpha value is 0.0500. The smallest absolute Gasteiger partial charge is 0.124 e. The zero-order valence-corrected chi connectivity index (χ0v) is 13.7. The Morgan fingerprint density at radius 1 is 1.31 bits per heavy atom. The molecule has 0 amide bonds. The van der Waals surface area contributed by atoms with Gasteiger partial charge in [0.1, 0.15) is 0 Å². The first-order chi connectivity index (χ1) is 7.49. The molecule has 0 radical (unpaired) electrons. The van der Waals surface area contributed by atoms with Crippen molar-refractivity contribution in [3.63, 3.8) is 0 Å². The first kappa shape index (κ1) is 16.1. The predicted octanol–water partition coefficient (Wildman–Crippen LogP) is 2.75. The minimum Gasteiger partial charge on any atom is -0.124 e. The molecule has 0 fully saturated rings. The summed E-state index contributed by atoms with van der Waals surface area (Å²) in [6, 6.07) is 8.36. The quantitative estimate of drug-likeness (QED) is 0.420. The van der Waals surface area contributed by atoms with Gasteiger partial charge in [-0.3, -0.25) is 0 Å². The highest BCUT2D eigenvalue weighted by molar-refractivity contribution is 14.1. The Kier molecular flexibility index (Phi) is 9.15. The molecule has 0 aliphatic rings. The summed E-state index contributed by atoms with van der Waals surface area (Å²) in [5, 5.41) is 0. The normalized spacial score (nSPS) is 9.00. The van der Waals surface area contributed by atoms with E-state index in [1.165, 1.54) is 28.6 Å². The van der Waals surface area contributed by atoms with Crippen molar-refractivity contribution in [1.82, 2.24) is 0 Å². The highest BCUT2D eigenvalue weighted by Crippen LogP contribution is 2.16. The largest absolute Gasteiger partial charge is 0.458 e. The van der Waals surface area contributed by atoms with E-state index in [1.54, 1.807) is 0 Å². The molecule has 1 rings (SSSR count). The predicted molar refractivity (Wildman–Crippen MR) is 77.8 cm³/mol. The number of rotatable bonds is 2. The molecule has 0 aliphatic carbocycles. The minimum atomic E-state index is -2.03. The molecular formula is C10H14BrINO2S+. The van der Waals surface area contributed by atoms with Gasteiger partial charge in [-0.1, -0.05) is 56.7 Å². The first-order valence-corrected chi connectivity index (χ1v) is 7.90. The van der Waals surface area contributed by atoms with Crippen LogP contribution < -0.4 is 0 Å². The van der Waals surface area contributed by atoms with Crippen LogP contribution >= 0.6 is 38.5 Å². The third-order valence-corrected chi connectivity index (χ3v) is 3.53. The highest BCUT2D eigenvalue weighted by atomic mass is 127. The number of benzene rings is 1. The monoisotopic (exact) mass is 418 g/mol. The second-order valence-electron chi connectivity index (χ2n) is 3.06. The maximum absolute atomic E-state index is 9.62. The summed E-state index contributed by atoms with van der Waals surface area (Å²) in [5.41, 5.74) is 1.40. The van der Waals surface area contributed by atoms with E-state index in [-0.39, 0.29) is 0 Å². The Labute approximate surface area is 120 Å². The van der Waals surface area contributed by atoms with Crippen molar-refractivity contribution in [2.24, 2.45) is 0 Å². The standard InChI is InChI=1S/C8H8BrI.C2H6NO2S/c9-8-4-2-1-3-7(8)5-6-10;1-3(2)6(4)5/h1-4H,5-6H2;1-2H3/q;+1. The van der Waals surface area contributed by atoms with Crippen LogP contribution in [-0.4, -0.2) is 30.9 Å². The summed E-state index contributed by atoms with van der Waals surface area (Å²) in [6.07, 6.45) is 1.15. The van der Waals surface area contributed by atoms with Gasteiger partial charge in [-0.2, -0.15) is 0 Å². The number of hydrogen-bond acceptors (Lipinski definition) is 2. The molecule has 0 N–H and O–H groups in total. The van der Waals surface area contributed by atoms with E-state index < -0.39 is 10.5 Å². The number of nitrogens with zero attached hydrogens (tertiary/aromatic N) is 1. The summed E-state index contributed by atoms with van der Waals surface area (Å²) >= 11 is 5.88. The molecule has 1 aromatic rings. The Morgan fingerprint density at radius 2 is 1.81 bits per heavy atom. The van der Waals surface area contributed by atoms with Crippen LogP contribution in [0.5, 0.6) is 0 Å². The molecule has 0 heterocycles. The third-order valence-electron chi connectivity index (χ3n) is 1.62. The molecule has 3 nitrogen and oxygen atoms in total. The van der Waals surface area contributed by atoms with Gasteiger partial charge in [0, 0.05) is 8.90 Å². The van der Waals surface area contributed by atoms with Gasteiger partial charge in [0.15, 0.2) is 14.1 Å². The maximum Gasteiger partial charge on any atom is 0.458 e. The molecule has 6 heteroatoms. The van der Waals surface area contributed by atoms with E-state index >= 15 is 0 Å². The van der Waals surface area contributed by atoms with E-state index in [4.69, 9.17) is 0 Å². The average Bonchev–Trinajstić information content (AvgIpc) is 2.22. The Morgan fingerprint density at radius 3 is 2.19 bits per heavy atom. The lowest BCUT2D eigenvalue weighted by molar-refractivity contribution is -0.438. The number of halogens is 2. The van der Waals surface area contributed by atoms with Crippen LogP contribution in [0.15, 0.2) is 28.7 Å². The molecule has 0 bridgehead atoms. The van der Waals surface area contributed by atoms with E-state index in [0.29, 0.717) is 0 Å². The molecule has 0 atom stereocenters. The average molecular weight is 419 g/mol. The Bertz CT molecular complexity index is 448. The van der Waals surface area contributed by atoms with Gasteiger partial charge in [-0.15, -0.1) is 12.4 Å². The van der Waals surface area contributed by atoms with Crippen molar-refractivity contribution < 1.29 is 12.4 Å². The fourth-order valence-electron chi connectivity index (χ4n) is 0.803. The van der Waals surface area contributed by atoms with Crippen molar-refractivity contribution >= 4 is 49.0 Å². The lowest BCUT2D eigenvalue weighted by atomic mass is 10.2. The lowest BCUT2D eigenvalue weighted by Crippen LogP contribution is -1.91. The van der Waals surface area contributed by atoms with Gasteiger partial charge in [-0.05, 0) is 18.1 Å². The zero-order valence-electron chi connectivity index (χ0n) is 9.15. The molecule has 1 aromatic carbocycles. The topological polar surface area (TPSA) is 37.1 Å². The fourth-order valence-corrected chi connectivity index (χ4v) is 1.87. The molecule has 90 valence electrons. The van der Waals surface area contributed by atoms with E-state index in [1.807, 2.05) is 6.07 Å². The summed E-state index contributed by atoms with van der Waals surface area (Å²) < 4.78 is 22.7. The number of aryl methyl sites for hydroxylation is 1. The Balaban J connectivity index is 0.000000325. The summed E-state index contributed by atoms with van der Waals surface area (Å²) in [6.45, 7) is 0. The third kappa shape index (κ3) is 7.34. The second-order valence-corrected chi connectivity index (χ2v) is 6.16. The van der Waals surface area contributed by atoms with E-state index in [2.05, 4.69) is 56.7 Å². The van der Waals surface area contributed by atoms with Crippen LogP contribution in [0, 0.1) is 0 Å². The maximum atomic E-state index is 9.62. The van der Waals surface area contributed by atoms with Crippen molar-refractivity contribution in [3.05, 3.63) is 34.3 Å². The van der Waals surface area contributed by atoms with Gasteiger partial charge < -0.3 is 0 Å². The highest BCUT2D eigenvalue weighted by Gasteiger charge is 1.94. The van der Waals surface area contributed by atoms with Gasteiger partial charge in [0.2, 0.25) is 0 Å². The molecule has 0 saturated heterocycles.